The number of carbonyl (C=O) groups excluding carboxylic acids is 2. The largest absolute Gasteiger partial charge is 0.455 e. The van der Waals surface area contributed by atoms with Crippen LogP contribution < -0.4 is 5.32 Å². The van der Waals surface area contributed by atoms with Gasteiger partial charge < -0.3 is 10.1 Å². The SMILES string of the molecule is Cc1cc(C)c(NC(=O)COC(=O)Cc2ccc(F)cc2)c(C)c1. The minimum absolute atomic E-state index is 0.00382. The molecule has 0 fully saturated rings. The van der Waals surface area contributed by atoms with E-state index in [0.717, 1.165) is 22.4 Å². The Morgan fingerprint density at radius 3 is 2.21 bits per heavy atom. The van der Waals surface area contributed by atoms with Crippen molar-refractivity contribution in [2.45, 2.75) is 27.2 Å². The number of carbonyl (C=O) groups is 2. The first-order valence-electron chi connectivity index (χ1n) is 7.63. The maximum Gasteiger partial charge on any atom is 0.310 e. The van der Waals surface area contributed by atoms with Gasteiger partial charge in [0, 0.05) is 5.69 Å². The quantitative estimate of drug-likeness (QED) is 0.855. The fraction of sp³-hybridized carbons (Fsp3) is 0.263. The molecule has 2 rings (SSSR count). The Morgan fingerprint density at radius 2 is 1.62 bits per heavy atom. The Labute approximate surface area is 140 Å². The molecule has 0 aliphatic carbocycles. The zero-order valence-electron chi connectivity index (χ0n) is 14.0. The summed E-state index contributed by atoms with van der Waals surface area (Å²) in [7, 11) is 0. The van der Waals surface area contributed by atoms with E-state index >= 15 is 0 Å². The number of esters is 1. The van der Waals surface area contributed by atoms with Crippen molar-refractivity contribution in [2.75, 3.05) is 11.9 Å². The van der Waals surface area contributed by atoms with Crippen molar-refractivity contribution in [1.29, 1.82) is 0 Å². The van der Waals surface area contributed by atoms with Gasteiger partial charge in [0.1, 0.15) is 5.82 Å². The lowest BCUT2D eigenvalue weighted by atomic mass is 10.1. The standard InChI is InChI=1S/C19H20FNO3/c1-12-8-13(2)19(14(3)9-12)21-17(22)11-24-18(23)10-15-4-6-16(20)7-5-15/h4-9H,10-11H2,1-3H3,(H,21,22). The molecule has 24 heavy (non-hydrogen) atoms. The summed E-state index contributed by atoms with van der Waals surface area (Å²) in [6, 6.07) is 9.52. The fourth-order valence-electron chi connectivity index (χ4n) is 2.52. The predicted molar refractivity (Wildman–Crippen MR) is 90.3 cm³/mol. The number of rotatable bonds is 5. The zero-order chi connectivity index (χ0) is 17.7. The molecule has 0 bridgehead atoms. The van der Waals surface area contributed by atoms with Crippen LogP contribution in [0.1, 0.15) is 22.3 Å². The molecule has 0 spiro atoms. The molecule has 0 saturated carbocycles. The third-order valence-electron chi connectivity index (χ3n) is 3.57. The number of nitrogens with one attached hydrogen (secondary N) is 1. The van der Waals surface area contributed by atoms with Crippen LogP contribution in [0, 0.1) is 26.6 Å². The predicted octanol–water partition coefficient (Wildman–Crippen LogP) is 3.48. The number of hydrogen-bond acceptors (Lipinski definition) is 3. The van der Waals surface area contributed by atoms with Gasteiger partial charge in [-0.3, -0.25) is 9.59 Å². The molecule has 0 radical (unpaired) electrons. The normalized spacial score (nSPS) is 10.3. The highest BCUT2D eigenvalue weighted by molar-refractivity contribution is 5.94. The first kappa shape index (κ1) is 17.7. The first-order valence-corrected chi connectivity index (χ1v) is 7.63. The van der Waals surface area contributed by atoms with Gasteiger partial charge in [-0.25, -0.2) is 4.39 Å². The summed E-state index contributed by atoms with van der Waals surface area (Å²) in [5.74, 6) is -1.29. The highest BCUT2D eigenvalue weighted by Crippen LogP contribution is 2.21. The maximum absolute atomic E-state index is 12.8. The van der Waals surface area contributed by atoms with E-state index in [9.17, 15) is 14.0 Å². The monoisotopic (exact) mass is 329 g/mol. The van der Waals surface area contributed by atoms with Crippen LogP contribution in [0.25, 0.3) is 0 Å². The van der Waals surface area contributed by atoms with Crippen molar-refractivity contribution < 1.29 is 18.7 Å². The number of amides is 1. The van der Waals surface area contributed by atoms with Gasteiger partial charge in [-0.1, -0.05) is 29.8 Å². The summed E-state index contributed by atoms with van der Waals surface area (Å²) < 4.78 is 17.8. The zero-order valence-corrected chi connectivity index (χ0v) is 14.0. The van der Waals surface area contributed by atoms with Crippen molar-refractivity contribution in [3.05, 3.63) is 64.5 Å². The van der Waals surface area contributed by atoms with Crippen molar-refractivity contribution >= 4 is 17.6 Å². The van der Waals surface area contributed by atoms with Gasteiger partial charge in [0.05, 0.1) is 6.42 Å². The summed E-state index contributed by atoms with van der Waals surface area (Å²) in [5, 5.41) is 2.77. The van der Waals surface area contributed by atoms with Crippen molar-refractivity contribution in [3.8, 4) is 0 Å². The molecule has 0 heterocycles. The highest BCUT2D eigenvalue weighted by Gasteiger charge is 2.11. The lowest BCUT2D eigenvalue weighted by molar-refractivity contribution is -0.146. The van der Waals surface area contributed by atoms with Gasteiger partial charge in [-0.05, 0) is 49.6 Å². The van der Waals surface area contributed by atoms with Gasteiger partial charge >= 0.3 is 5.97 Å². The third-order valence-corrected chi connectivity index (χ3v) is 3.57. The smallest absolute Gasteiger partial charge is 0.310 e. The number of ether oxygens (including phenoxy) is 1. The number of benzene rings is 2. The Hall–Kier alpha value is -2.69. The summed E-state index contributed by atoms with van der Waals surface area (Å²) in [4.78, 5) is 23.7. The van der Waals surface area contributed by atoms with Gasteiger partial charge in [0.25, 0.3) is 5.91 Å². The van der Waals surface area contributed by atoms with E-state index in [0.29, 0.717) is 5.56 Å². The van der Waals surface area contributed by atoms with Gasteiger partial charge in [-0.2, -0.15) is 0 Å². The van der Waals surface area contributed by atoms with E-state index in [1.165, 1.54) is 24.3 Å². The molecule has 0 saturated heterocycles. The van der Waals surface area contributed by atoms with Gasteiger partial charge in [-0.15, -0.1) is 0 Å². The molecule has 1 N–H and O–H groups in total. The van der Waals surface area contributed by atoms with Crippen LogP contribution in [0.4, 0.5) is 10.1 Å². The Kier molecular flexibility index (Phi) is 5.68. The molecule has 2 aromatic rings. The van der Waals surface area contributed by atoms with E-state index in [1.807, 2.05) is 32.9 Å². The van der Waals surface area contributed by atoms with E-state index in [1.54, 1.807) is 0 Å². The minimum atomic E-state index is -0.533. The molecule has 0 aliphatic heterocycles. The number of anilines is 1. The van der Waals surface area contributed by atoms with Crippen LogP contribution >= 0.6 is 0 Å². The average Bonchev–Trinajstić information content (AvgIpc) is 2.51. The summed E-state index contributed by atoms with van der Waals surface area (Å²) in [5.41, 5.74) is 4.40. The summed E-state index contributed by atoms with van der Waals surface area (Å²) in [6.45, 7) is 5.46. The highest BCUT2D eigenvalue weighted by atomic mass is 19.1. The molecule has 1 amide bonds. The van der Waals surface area contributed by atoms with Crippen LogP contribution in [-0.2, 0) is 20.7 Å². The van der Waals surface area contributed by atoms with Crippen molar-refractivity contribution in [1.82, 2.24) is 0 Å². The van der Waals surface area contributed by atoms with Gasteiger partial charge in [0.15, 0.2) is 6.61 Å². The fourth-order valence-corrected chi connectivity index (χ4v) is 2.52. The maximum atomic E-state index is 12.8. The van der Waals surface area contributed by atoms with E-state index in [4.69, 9.17) is 4.74 Å². The number of aryl methyl sites for hydroxylation is 3. The lowest BCUT2D eigenvalue weighted by Gasteiger charge is -2.13. The Morgan fingerprint density at radius 1 is 1.04 bits per heavy atom. The molecule has 0 atom stereocenters. The van der Waals surface area contributed by atoms with Gasteiger partial charge in [0.2, 0.25) is 0 Å². The topological polar surface area (TPSA) is 55.4 Å². The number of hydrogen-bond donors (Lipinski definition) is 1. The van der Waals surface area contributed by atoms with E-state index < -0.39 is 11.9 Å². The van der Waals surface area contributed by atoms with Crippen LogP contribution in [0.3, 0.4) is 0 Å². The van der Waals surface area contributed by atoms with Crippen LogP contribution in [0.2, 0.25) is 0 Å². The van der Waals surface area contributed by atoms with E-state index in [-0.39, 0.29) is 18.8 Å². The third kappa shape index (κ3) is 4.91. The molecular weight excluding hydrogens is 309 g/mol. The van der Waals surface area contributed by atoms with Crippen molar-refractivity contribution in [3.63, 3.8) is 0 Å². The van der Waals surface area contributed by atoms with Crippen molar-refractivity contribution in [2.24, 2.45) is 0 Å². The molecule has 2 aromatic carbocycles. The Balaban J connectivity index is 1.87. The second-order valence-corrected chi connectivity index (χ2v) is 5.79. The molecule has 4 nitrogen and oxygen atoms in total. The molecule has 126 valence electrons. The first-order chi connectivity index (χ1) is 11.3. The molecule has 5 heteroatoms. The number of halogens is 1. The van der Waals surface area contributed by atoms with Crippen LogP contribution in [0.5, 0.6) is 0 Å². The van der Waals surface area contributed by atoms with Crippen LogP contribution in [-0.4, -0.2) is 18.5 Å². The average molecular weight is 329 g/mol. The lowest BCUT2D eigenvalue weighted by Crippen LogP contribution is -2.22. The molecule has 0 aliphatic rings. The Bertz CT molecular complexity index is 731. The second kappa shape index (κ2) is 7.73. The minimum Gasteiger partial charge on any atom is -0.455 e. The molecule has 0 unspecified atom stereocenters. The second-order valence-electron chi connectivity index (χ2n) is 5.79. The van der Waals surface area contributed by atoms with E-state index in [2.05, 4.69) is 5.32 Å². The summed E-state index contributed by atoms with van der Waals surface area (Å²) >= 11 is 0. The molecular formula is C19H20FNO3. The van der Waals surface area contributed by atoms with Crippen LogP contribution in [0.15, 0.2) is 36.4 Å². The molecule has 0 aromatic heterocycles. The summed E-state index contributed by atoms with van der Waals surface area (Å²) in [6.07, 6.45) is -0.00382.